The number of rotatable bonds is 5. The van der Waals surface area contributed by atoms with Crippen LogP contribution in [-0.2, 0) is 0 Å². The van der Waals surface area contributed by atoms with Crippen molar-refractivity contribution in [3.8, 4) is 11.8 Å². The largest absolute Gasteiger partial charge is 0.494 e. The Morgan fingerprint density at radius 2 is 2.30 bits per heavy atom. The van der Waals surface area contributed by atoms with E-state index in [9.17, 15) is 5.26 Å². The lowest BCUT2D eigenvalue weighted by atomic mass is 9.87. The molecule has 1 aliphatic carbocycles. The third kappa shape index (κ3) is 3.23. The summed E-state index contributed by atoms with van der Waals surface area (Å²) in [5.74, 6) is 1.12. The van der Waals surface area contributed by atoms with Gasteiger partial charge in [-0.1, -0.05) is 12.5 Å². The van der Waals surface area contributed by atoms with Crippen LogP contribution in [0.1, 0.15) is 25.7 Å². The standard InChI is InChI=1S/C16H23N3O/c1-19(2)14-6-3-7-15(11-14)20-10-8-13-5-4-9-16(13,18)12-17/h3,6-7,11,13H,4-5,8-10,18H2,1-2H3. The Morgan fingerprint density at radius 3 is 3.00 bits per heavy atom. The first kappa shape index (κ1) is 14.7. The summed E-state index contributed by atoms with van der Waals surface area (Å²) in [5, 5.41) is 9.19. The van der Waals surface area contributed by atoms with Crippen molar-refractivity contribution in [2.45, 2.75) is 31.2 Å². The van der Waals surface area contributed by atoms with Crippen LogP contribution in [0.3, 0.4) is 0 Å². The maximum Gasteiger partial charge on any atom is 0.121 e. The minimum absolute atomic E-state index is 0.254. The molecule has 1 saturated carbocycles. The van der Waals surface area contributed by atoms with Crippen molar-refractivity contribution in [3.63, 3.8) is 0 Å². The van der Waals surface area contributed by atoms with Gasteiger partial charge in [-0.2, -0.15) is 5.26 Å². The molecule has 20 heavy (non-hydrogen) atoms. The van der Waals surface area contributed by atoms with Crippen LogP contribution in [0.4, 0.5) is 5.69 Å². The van der Waals surface area contributed by atoms with Gasteiger partial charge in [-0.25, -0.2) is 0 Å². The van der Waals surface area contributed by atoms with Crippen LogP contribution in [0.2, 0.25) is 0 Å². The Labute approximate surface area is 121 Å². The first-order chi connectivity index (χ1) is 9.55. The van der Waals surface area contributed by atoms with Gasteiger partial charge in [0.2, 0.25) is 0 Å². The molecule has 0 aromatic heterocycles. The van der Waals surface area contributed by atoms with Gasteiger partial charge in [0, 0.05) is 25.8 Å². The third-order valence-corrected chi connectivity index (χ3v) is 4.15. The Hall–Kier alpha value is -1.73. The molecule has 0 bridgehead atoms. The van der Waals surface area contributed by atoms with Crippen molar-refractivity contribution >= 4 is 5.69 Å². The molecule has 0 heterocycles. The molecule has 4 nitrogen and oxygen atoms in total. The molecule has 4 heteroatoms. The van der Waals surface area contributed by atoms with Gasteiger partial charge in [-0.3, -0.25) is 0 Å². The van der Waals surface area contributed by atoms with E-state index in [0.717, 1.165) is 37.1 Å². The molecule has 0 amide bonds. The highest BCUT2D eigenvalue weighted by Crippen LogP contribution is 2.35. The number of nitrogens with zero attached hydrogens (tertiary/aromatic N) is 2. The van der Waals surface area contributed by atoms with Gasteiger partial charge in [-0.05, 0) is 37.3 Å². The number of benzene rings is 1. The maximum absolute atomic E-state index is 9.19. The molecular weight excluding hydrogens is 250 g/mol. The second-order valence-electron chi connectivity index (χ2n) is 5.77. The van der Waals surface area contributed by atoms with Gasteiger partial charge in [0.1, 0.15) is 11.3 Å². The molecule has 2 atom stereocenters. The lowest BCUT2D eigenvalue weighted by Crippen LogP contribution is -2.42. The minimum atomic E-state index is -0.644. The molecule has 1 aromatic carbocycles. The van der Waals surface area contributed by atoms with Crippen LogP contribution >= 0.6 is 0 Å². The molecule has 0 radical (unpaired) electrons. The number of hydrogen-bond acceptors (Lipinski definition) is 4. The van der Waals surface area contributed by atoms with Gasteiger partial charge in [0.05, 0.1) is 12.7 Å². The summed E-state index contributed by atoms with van der Waals surface area (Å²) < 4.78 is 5.80. The molecule has 0 aliphatic heterocycles. The van der Waals surface area contributed by atoms with Gasteiger partial charge in [0.25, 0.3) is 0 Å². The maximum atomic E-state index is 9.19. The average Bonchev–Trinajstić information content (AvgIpc) is 2.81. The third-order valence-electron chi connectivity index (χ3n) is 4.15. The minimum Gasteiger partial charge on any atom is -0.494 e. The van der Waals surface area contributed by atoms with Crippen LogP contribution in [0.25, 0.3) is 0 Å². The smallest absolute Gasteiger partial charge is 0.121 e. The van der Waals surface area contributed by atoms with Crippen molar-refractivity contribution in [1.82, 2.24) is 0 Å². The highest BCUT2D eigenvalue weighted by molar-refractivity contribution is 5.49. The van der Waals surface area contributed by atoms with E-state index < -0.39 is 5.54 Å². The van der Waals surface area contributed by atoms with E-state index in [4.69, 9.17) is 10.5 Å². The van der Waals surface area contributed by atoms with Gasteiger partial charge in [-0.15, -0.1) is 0 Å². The van der Waals surface area contributed by atoms with Crippen LogP contribution in [0.15, 0.2) is 24.3 Å². The van der Waals surface area contributed by atoms with Crippen LogP contribution in [0.5, 0.6) is 5.75 Å². The van der Waals surface area contributed by atoms with E-state index in [1.54, 1.807) is 0 Å². The van der Waals surface area contributed by atoms with E-state index in [2.05, 4.69) is 6.07 Å². The van der Waals surface area contributed by atoms with Gasteiger partial charge in [0.15, 0.2) is 0 Å². The Bertz CT molecular complexity index is 495. The zero-order valence-corrected chi connectivity index (χ0v) is 12.3. The van der Waals surface area contributed by atoms with E-state index in [0.29, 0.717) is 6.61 Å². The van der Waals surface area contributed by atoms with Crippen molar-refractivity contribution in [2.24, 2.45) is 11.7 Å². The second-order valence-corrected chi connectivity index (χ2v) is 5.77. The number of anilines is 1. The normalized spacial score (nSPS) is 25.2. The summed E-state index contributed by atoms with van der Waals surface area (Å²) in [7, 11) is 4.01. The van der Waals surface area contributed by atoms with Crippen molar-refractivity contribution in [2.75, 3.05) is 25.6 Å². The molecule has 1 aliphatic rings. The van der Waals surface area contributed by atoms with Crippen LogP contribution < -0.4 is 15.4 Å². The monoisotopic (exact) mass is 273 g/mol. The second kappa shape index (κ2) is 6.15. The summed E-state index contributed by atoms with van der Waals surface area (Å²) >= 11 is 0. The number of nitriles is 1. The first-order valence-corrected chi connectivity index (χ1v) is 7.15. The summed E-state index contributed by atoms with van der Waals surface area (Å²) in [6, 6.07) is 10.3. The fourth-order valence-electron chi connectivity index (χ4n) is 2.82. The Kier molecular flexibility index (Phi) is 4.51. The van der Waals surface area contributed by atoms with Gasteiger partial charge < -0.3 is 15.4 Å². The fraction of sp³-hybridized carbons (Fsp3) is 0.562. The number of ether oxygens (including phenoxy) is 1. The van der Waals surface area contributed by atoms with E-state index >= 15 is 0 Å². The van der Waals surface area contributed by atoms with Crippen molar-refractivity contribution < 1.29 is 4.74 Å². The Morgan fingerprint density at radius 1 is 1.50 bits per heavy atom. The summed E-state index contributed by atoms with van der Waals surface area (Å²) in [5.41, 5.74) is 6.60. The highest BCUT2D eigenvalue weighted by atomic mass is 16.5. The predicted molar refractivity (Wildman–Crippen MR) is 80.8 cm³/mol. The molecule has 0 saturated heterocycles. The van der Waals surface area contributed by atoms with Crippen molar-refractivity contribution in [3.05, 3.63) is 24.3 Å². The van der Waals surface area contributed by atoms with E-state index in [1.165, 1.54) is 0 Å². The zero-order valence-electron chi connectivity index (χ0n) is 12.3. The summed E-state index contributed by atoms with van der Waals surface area (Å²) in [6.45, 7) is 0.613. The van der Waals surface area contributed by atoms with Crippen LogP contribution in [-0.4, -0.2) is 26.2 Å². The SMILES string of the molecule is CN(C)c1cccc(OCCC2CCCC2(N)C#N)c1. The quantitative estimate of drug-likeness (QED) is 0.895. The number of nitrogens with two attached hydrogens (primary N) is 1. The molecule has 1 fully saturated rings. The predicted octanol–water partition coefficient (Wildman–Crippen LogP) is 2.54. The summed E-state index contributed by atoms with van der Waals surface area (Å²) in [4.78, 5) is 2.05. The average molecular weight is 273 g/mol. The zero-order chi connectivity index (χ0) is 14.6. The molecule has 0 spiro atoms. The lowest BCUT2D eigenvalue weighted by molar-refractivity contribution is 0.255. The first-order valence-electron chi connectivity index (χ1n) is 7.15. The highest BCUT2D eigenvalue weighted by Gasteiger charge is 2.39. The topological polar surface area (TPSA) is 62.3 Å². The summed E-state index contributed by atoms with van der Waals surface area (Å²) in [6.07, 6.45) is 3.73. The molecular formula is C16H23N3O. The molecule has 108 valence electrons. The number of hydrogen-bond donors (Lipinski definition) is 1. The lowest BCUT2D eigenvalue weighted by Gasteiger charge is -2.23. The van der Waals surface area contributed by atoms with E-state index in [-0.39, 0.29) is 5.92 Å². The Balaban J connectivity index is 1.87. The van der Waals surface area contributed by atoms with Crippen molar-refractivity contribution in [1.29, 1.82) is 5.26 Å². The molecule has 1 aromatic rings. The molecule has 2 rings (SSSR count). The van der Waals surface area contributed by atoms with Crippen LogP contribution in [0, 0.1) is 17.2 Å². The van der Waals surface area contributed by atoms with Gasteiger partial charge >= 0.3 is 0 Å². The fourth-order valence-corrected chi connectivity index (χ4v) is 2.82. The van der Waals surface area contributed by atoms with E-state index in [1.807, 2.05) is 43.3 Å². The molecule has 2 unspecified atom stereocenters. The molecule has 2 N–H and O–H groups in total.